The number of aliphatic hydroxyl groups excluding tert-OH is 1. The quantitative estimate of drug-likeness (QED) is 0.786. The fourth-order valence-electron chi connectivity index (χ4n) is 3.31. The van der Waals surface area contributed by atoms with Crippen LogP contribution >= 0.6 is 0 Å². The lowest BCUT2D eigenvalue weighted by molar-refractivity contribution is 0.0334. The highest BCUT2D eigenvalue weighted by Gasteiger charge is 2.28. The topological polar surface area (TPSA) is 35.5 Å². The van der Waals surface area contributed by atoms with Gasteiger partial charge in [0.2, 0.25) is 0 Å². The van der Waals surface area contributed by atoms with E-state index in [2.05, 4.69) is 17.1 Å². The third-order valence-corrected chi connectivity index (χ3v) is 4.32. The van der Waals surface area contributed by atoms with Crippen LogP contribution in [0.25, 0.3) is 0 Å². The van der Waals surface area contributed by atoms with Crippen LogP contribution in [0.2, 0.25) is 0 Å². The Bertz CT molecular complexity index is 214. The Hall–Kier alpha value is -0.120. The van der Waals surface area contributed by atoms with Gasteiger partial charge < -0.3 is 10.4 Å². The largest absolute Gasteiger partial charge is 0.392 e. The van der Waals surface area contributed by atoms with Gasteiger partial charge in [0.25, 0.3) is 0 Å². The van der Waals surface area contributed by atoms with E-state index in [0.717, 1.165) is 31.6 Å². The van der Waals surface area contributed by atoms with Crippen molar-refractivity contribution >= 4 is 0 Å². The van der Waals surface area contributed by atoms with E-state index in [4.69, 9.17) is 0 Å². The fraction of sp³-hybridized carbons (Fsp3) is 1.00. The van der Waals surface area contributed by atoms with Crippen molar-refractivity contribution in [2.24, 2.45) is 0 Å². The molecule has 1 aliphatic carbocycles. The van der Waals surface area contributed by atoms with Crippen molar-refractivity contribution in [3.05, 3.63) is 0 Å². The average Bonchev–Trinajstić information content (AvgIpc) is 2.37. The van der Waals surface area contributed by atoms with Crippen molar-refractivity contribution in [2.75, 3.05) is 19.6 Å². The third-order valence-electron chi connectivity index (χ3n) is 4.32. The molecule has 1 saturated heterocycles. The zero-order chi connectivity index (χ0) is 12.1. The minimum atomic E-state index is -0.0697. The monoisotopic (exact) mass is 240 g/mol. The molecule has 2 fully saturated rings. The van der Waals surface area contributed by atoms with Crippen LogP contribution in [0.3, 0.4) is 0 Å². The molecule has 1 atom stereocenters. The Morgan fingerprint density at radius 1 is 1.18 bits per heavy atom. The van der Waals surface area contributed by atoms with Gasteiger partial charge in [0, 0.05) is 18.6 Å². The lowest BCUT2D eigenvalue weighted by atomic mass is 9.89. The molecule has 1 aliphatic heterocycles. The van der Waals surface area contributed by atoms with Gasteiger partial charge >= 0.3 is 0 Å². The highest BCUT2D eigenvalue weighted by Crippen LogP contribution is 2.25. The summed E-state index contributed by atoms with van der Waals surface area (Å²) in [4.78, 5) is 2.53. The summed E-state index contributed by atoms with van der Waals surface area (Å²) in [5, 5.41) is 13.4. The van der Waals surface area contributed by atoms with E-state index in [1.54, 1.807) is 0 Å². The number of β-amino-alcohol motifs (C(OH)–C–C–N with tert-alkyl or cyclic N) is 1. The predicted molar refractivity (Wildman–Crippen MR) is 71.2 cm³/mol. The van der Waals surface area contributed by atoms with E-state index in [9.17, 15) is 5.11 Å². The minimum absolute atomic E-state index is 0.0697. The molecule has 0 aromatic carbocycles. The molecule has 2 aliphatic rings. The first kappa shape index (κ1) is 13.3. The zero-order valence-corrected chi connectivity index (χ0v) is 11.2. The minimum Gasteiger partial charge on any atom is -0.392 e. The first-order valence-electron chi connectivity index (χ1n) is 7.45. The van der Waals surface area contributed by atoms with Gasteiger partial charge in [-0.15, -0.1) is 0 Å². The van der Waals surface area contributed by atoms with Crippen molar-refractivity contribution in [3.63, 3.8) is 0 Å². The molecule has 1 unspecified atom stereocenters. The van der Waals surface area contributed by atoms with Crippen molar-refractivity contribution in [2.45, 2.75) is 70.1 Å². The zero-order valence-electron chi connectivity index (χ0n) is 11.2. The van der Waals surface area contributed by atoms with Crippen LogP contribution in [-0.4, -0.2) is 47.8 Å². The van der Waals surface area contributed by atoms with Crippen LogP contribution in [0.15, 0.2) is 0 Å². The second-order valence-corrected chi connectivity index (χ2v) is 5.75. The molecule has 100 valence electrons. The van der Waals surface area contributed by atoms with Crippen molar-refractivity contribution in [3.8, 4) is 0 Å². The molecule has 3 heteroatoms. The molecule has 3 nitrogen and oxygen atoms in total. The Kier molecular flexibility index (Phi) is 5.26. The highest BCUT2D eigenvalue weighted by atomic mass is 16.3. The summed E-state index contributed by atoms with van der Waals surface area (Å²) in [5.41, 5.74) is 0. The van der Waals surface area contributed by atoms with E-state index in [-0.39, 0.29) is 6.10 Å². The molecule has 0 amide bonds. The summed E-state index contributed by atoms with van der Waals surface area (Å²) in [6, 6.07) is 1.49. The normalized spacial score (nSPS) is 36.0. The third kappa shape index (κ3) is 3.94. The summed E-state index contributed by atoms with van der Waals surface area (Å²) in [5.74, 6) is 0. The molecule has 0 radical (unpaired) electrons. The molecular formula is C14H28N2O. The number of rotatable bonds is 4. The van der Waals surface area contributed by atoms with Gasteiger partial charge in [0.05, 0.1) is 6.10 Å². The molecule has 0 aromatic rings. The summed E-state index contributed by atoms with van der Waals surface area (Å²) in [7, 11) is 0. The Morgan fingerprint density at radius 2 is 1.94 bits per heavy atom. The number of piperidine rings is 1. The first-order chi connectivity index (χ1) is 8.29. The SMILES string of the molecule is CCCNC1CCC(N2CCCC(O)C2)CC1. The summed E-state index contributed by atoms with van der Waals surface area (Å²) < 4.78 is 0. The molecular weight excluding hydrogens is 212 g/mol. The van der Waals surface area contributed by atoms with Crippen LogP contribution in [0.5, 0.6) is 0 Å². The molecule has 2 rings (SSSR count). The van der Waals surface area contributed by atoms with Crippen molar-refractivity contribution < 1.29 is 5.11 Å². The van der Waals surface area contributed by atoms with Gasteiger partial charge in [0.15, 0.2) is 0 Å². The summed E-state index contributed by atoms with van der Waals surface area (Å²) in [6.07, 6.45) is 8.60. The second kappa shape index (κ2) is 6.72. The second-order valence-electron chi connectivity index (χ2n) is 5.75. The van der Waals surface area contributed by atoms with Crippen molar-refractivity contribution in [1.29, 1.82) is 0 Å². The molecule has 1 saturated carbocycles. The molecule has 17 heavy (non-hydrogen) atoms. The van der Waals surface area contributed by atoms with Gasteiger partial charge in [-0.1, -0.05) is 6.92 Å². The van der Waals surface area contributed by atoms with Crippen LogP contribution in [0.1, 0.15) is 51.9 Å². The smallest absolute Gasteiger partial charge is 0.0667 e. The number of hydrogen-bond acceptors (Lipinski definition) is 3. The average molecular weight is 240 g/mol. The van der Waals surface area contributed by atoms with Crippen LogP contribution < -0.4 is 5.32 Å². The Labute approximate surface area is 106 Å². The molecule has 0 bridgehead atoms. The van der Waals surface area contributed by atoms with E-state index < -0.39 is 0 Å². The Balaban J connectivity index is 1.71. The lowest BCUT2D eigenvalue weighted by Gasteiger charge is -2.40. The van der Waals surface area contributed by atoms with Gasteiger partial charge in [0.1, 0.15) is 0 Å². The number of aliphatic hydroxyl groups is 1. The Morgan fingerprint density at radius 3 is 2.59 bits per heavy atom. The van der Waals surface area contributed by atoms with Gasteiger partial charge in [-0.05, 0) is 58.0 Å². The van der Waals surface area contributed by atoms with E-state index in [1.165, 1.54) is 45.1 Å². The van der Waals surface area contributed by atoms with E-state index in [1.807, 2.05) is 0 Å². The lowest BCUT2D eigenvalue weighted by Crippen LogP contribution is -2.47. The number of nitrogens with zero attached hydrogens (tertiary/aromatic N) is 1. The summed E-state index contributed by atoms with van der Waals surface area (Å²) in [6.45, 7) is 5.51. The fourth-order valence-corrected chi connectivity index (χ4v) is 3.31. The molecule has 0 spiro atoms. The molecule has 1 heterocycles. The van der Waals surface area contributed by atoms with Crippen molar-refractivity contribution in [1.82, 2.24) is 10.2 Å². The van der Waals surface area contributed by atoms with E-state index in [0.29, 0.717) is 0 Å². The maximum absolute atomic E-state index is 9.72. The van der Waals surface area contributed by atoms with Gasteiger partial charge in [-0.25, -0.2) is 0 Å². The standard InChI is InChI=1S/C14H28N2O/c1-2-9-15-12-5-7-13(8-6-12)16-10-3-4-14(17)11-16/h12-15,17H,2-11H2,1H3. The highest BCUT2D eigenvalue weighted by molar-refractivity contribution is 4.85. The van der Waals surface area contributed by atoms with Gasteiger partial charge in [-0.3, -0.25) is 4.90 Å². The van der Waals surface area contributed by atoms with Crippen LogP contribution in [0.4, 0.5) is 0 Å². The number of nitrogens with one attached hydrogen (secondary N) is 1. The maximum Gasteiger partial charge on any atom is 0.0667 e. The summed E-state index contributed by atoms with van der Waals surface area (Å²) >= 11 is 0. The van der Waals surface area contributed by atoms with Crippen LogP contribution in [0, 0.1) is 0 Å². The number of hydrogen-bond donors (Lipinski definition) is 2. The molecule has 0 aromatic heterocycles. The molecule has 2 N–H and O–H groups in total. The van der Waals surface area contributed by atoms with Crippen LogP contribution in [-0.2, 0) is 0 Å². The maximum atomic E-state index is 9.72. The van der Waals surface area contributed by atoms with Gasteiger partial charge in [-0.2, -0.15) is 0 Å². The number of likely N-dealkylation sites (tertiary alicyclic amines) is 1. The van der Waals surface area contributed by atoms with E-state index >= 15 is 0 Å². The first-order valence-corrected chi connectivity index (χ1v) is 7.45. The predicted octanol–water partition coefficient (Wildman–Crippen LogP) is 1.75.